The van der Waals surface area contributed by atoms with Gasteiger partial charge in [-0.15, -0.1) is 0 Å². The number of hydrogen-bond donors (Lipinski definition) is 2. The summed E-state index contributed by atoms with van der Waals surface area (Å²) in [5.74, 6) is -1.38. The van der Waals surface area contributed by atoms with Crippen molar-refractivity contribution in [1.82, 2.24) is 0 Å². The van der Waals surface area contributed by atoms with Crippen LogP contribution in [0.25, 0.3) is 21.5 Å². The second-order valence-corrected chi connectivity index (χ2v) is 17.4. The van der Waals surface area contributed by atoms with E-state index in [-0.39, 0.29) is 23.7 Å². The fourth-order valence-electron chi connectivity index (χ4n) is 9.64. The second kappa shape index (κ2) is 19.2. The molecule has 0 fully saturated rings. The number of carbonyl (C=O) groups is 2. The summed E-state index contributed by atoms with van der Waals surface area (Å²) in [6, 6.07) is 26.9. The summed E-state index contributed by atoms with van der Waals surface area (Å²) in [4.78, 5) is 24.3. The molecule has 2 N–H and O–H groups in total. The number of aliphatic carboxylic acids is 2. The molecule has 0 aromatic heterocycles. The van der Waals surface area contributed by atoms with E-state index in [0.29, 0.717) is 0 Å². The quantitative estimate of drug-likeness (QED) is 0.0614. The summed E-state index contributed by atoms with van der Waals surface area (Å²) in [6.45, 7) is 11.5. The Bertz CT molecular complexity index is 2140. The largest absolute Gasteiger partial charge is 0.481 e. The Balaban J connectivity index is 1.24. The first kappa shape index (κ1) is 41.9. The van der Waals surface area contributed by atoms with Crippen LogP contribution < -0.4 is 4.90 Å². The Kier molecular flexibility index (Phi) is 14.1. The lowest BCUT2D eigenvalue weighted by molar-refractivity contribution is -0.438. The highest BCUT2D eigenvalue weighted by Gasteiger charge is 2.45. The van der Waals surface area contributed by atoms with Crippen LogP contribution in [0.5, 0.6) is 0 Å². The van der Waals surface area contributed by atoms with Gasteiger partial charge in [0.2, 0.25) is 5.69 Å². The molecule has 302 valence electrons. The topological polar surface area (TPSA) is 80.9 Å². The highest BCUT2D eigenvalue weighted by molar-refractivity contribution is 6.07. The van der Waals surface area contributed by atoms with E-state index in [2.05, 4.69) is 128 Å². The second-order valence-electron chi connectivity index (χ2n) is 17.4. The van der Waals surface area contributed by atoms with Gasteiger partial charge in [0, 0.05) is 60.3 Å². The maximum absolute atomic E-state index is 10.9. The molecule has 0 atom stereocenters. The van der Waals surface area contributed by atoms with Gasteiger partial charge in [0.1, 0.15) is 6.54 Å². The average molecular weight is 770 g/mol. The van der Waals surface area contributed by atoms with Crippen molar-refractivity contribution in [2.45, 2.75) is 141 Å². The number of carboxylic acid groups (broad SMARTS) is 2. The van der Waals surface area contributed by atoms with Gasteiger partial charge in [-0.3, -0.25) is 9.59 Å². The number of allylic oxidation sites excluding steroid dienone is 4. The van der Waals surface area contributed by atoms with Gasteiger partial charge in [0.05, 0.1) is 5.41 Å². The first-order valence-corrected chi connectivity index (χ1v) is 21.8. The summed E-state index contributed by atoms with van der Waals surface area (Å²) in [7, 11) is 0. The maximum atomic E-state index is 10.9. The fourth-order valence-corrected chi connectivity index (χ4v) is 9.64. The van der Waals surface area contributed by atoms with Crippen LogP contribution in [0, 0.1) is 0 Å². The molecule has 0 unspecified atom stereocenters. The van der Waals surface area contributed by atoms with Crippen LogP contribution in [0.2, 0.25) is 0 Å². The number of fused-ring (bicyclic) bond motifs is 6. The molecule has 4 aromatic carbocycles. The Hall–Kier alpha value is -4.71. The van der Waals surface area contributed by atoms with Gasteiger partial charge in [-0.2, -0.15) is 4.58 Å². The SMILES string of the molecule is CC1(C)C(/C=C/C=C2\N(CCCCCCCCCC(=O)O)c3ccc4ccccc4c3C2(C)C)=[N+](CCCCCCCCCC(=O)O)c2ccc3ccccc3c21. The molecule has 2 heterocycles. The van der Waals surface area contributed by atoms with Crippen LogP contribution in [0.4, 0.5) is 11.4 Å². The normalized spacial score (nSPS) is 16.4. The molecule has 0 amide bonds. The molecule has 0 bridgehead atoms. The van der Waals surface area contributed by atoms with Crippen molar-refractivity contribution in [1.29, 1.82) is 0 Å². The van der Waals surface area contributed by atoms with Crippen LogP contribution >= 0.6 is 0 Å². The summed E-state index contributed by atoms with van der Waals surface area (Å²) in [6.07, 6.45) is 22.7. The highest BCUT2D eigenvalue weighted by Crippen LogP contribution is 2.51. The molecule has 4 aromatic rings. The van der Waals surface area contributed by atoms with Crippen LogP contribution in [0.1, 0.15) is 142 Å². The van der Waals surface area contributed by atoms with Gasteiger partial charge in [-0.05, 0) is 84.8 Å². The molecule has 0 saturated heterocycles. The van der Waals surface area contributed by atoms with E-state index in [9.17, 15) is 9.59 Å². The van der Waals surface area contributed by atoms with Crippen molar-refractivity contribution >= 4 is 50.6 Å². The molecule has 57 heavy (non-hydrogen) atoms. The lowest BCUT2D eigenvalue weighted by atomic mass is 9.79. The summed E-state index contributed by atoms with van der Waals surface area (Å²) < 4.78 is 2.59. The third-order valence-corrected chi connectivity index (χ3v) is 12.6. The molecular formula is C51H65N2O4+. The van der Waals surface area contributed by atoms with Crippen molar-refractivity contribution in [3.8, 4) is 0 Å². The smallest absolute Gasteiger partial charge is 0.303 e. The third-order valence-electron chi connectivity index (χ3n) is 12.6. The van der Waals surface area contributed by atoms with E-state index in [0.717, 1.165) is 77.3 Å². The molecule has 0 saturated carbocycles. The Morgan fingerprint density at radius 3 is 1.70 bits per heavy atom. The Labute approximate surface area is 341 Å². The molecule has 0 aliphatic carbocycles. The molecule has 0 spiro atoms. The van der Waals surface area contributed by atoms with Gasteiger partial charge in [-0.25, -0.2) is 0 Å². The van der Waals surface area contributed by atoms with Gasteiger partial charge < -0.3 is 15.1 Å². The standard InChI is InChI=1S/C51H64N2O4/c1-50(2)44(52(36-21-13-9-5-7-11-15-30-46(54)55)42-34-32-38-24-17-19-26-40(38)48(42)50)28-23-29-45-51(3,4)49-41-27-20-18-25-39(41)33-35-43(49)53(45)37-22-14-10-6-8-12-16-31-47(56)57/h17-20,23-29,32-35H,5-16,21-22,30-31,36-37H2,1-4H3,(H-,54,55,56,57)/p+1. The van der Waals surface area contributed by atoms with E-state index < -0.39 is 11.9 Å². The minimum Gasteiger partial charge on any atom is -0.481 e. The van der Waals surface area contributed by atoms with Crippen LogP contribution in [-0.2, 0) is 20.4 Å². The minimum atomic E-state index is -0.692. The lowest BCUT2D eigenvalue weighted by Gasteiger charge is -2.27. The van der Waals surface area contributed by atoms with E-state index >= 15 is 0 Å². The van der Waals surface area contributed by atoms with E-state index in [1.165, 1.54) is 81.1 Å². The molecule has 6 rings (SSSR count). The van der Waals surface area contributed by atoms with Crippen molar-refractivity contribution in [2.24, 2.45) is 0 Å². The van der Waals surface area contributed by atoms with Gasteiger partial charge in [0.25, 0.3) is 0 Å². The van der Waals surface area contributed by atoms with E-state index in [1.54, 1.807) is 0 Å². The van der Waals surface area contributed by atoms with Crippen LogP contribution in [0.3, 0.4) is 0 Å². The Morgan fingerprint density at radius 1 is 0.596 bits per heavy atom. The lowest BCUT2D eigenvalue weighted by Crippen LogP contribution is -2.28. The number of anilines is 1. The predicted octanol–water partition coefficient (Wildman–Crippen LogP) is 13.0. The summed E-state index contributed by atoms with van der Waals surface area (Å²) >= 11 is 0. The number of benzene rings is 4. The number of rotatable bonds is 22. The highest BCUT2D eigenvalue weighted by atomic mass is 16.4. The predicted molar refractivity (Wildman–Crippen MR) is 237 cm³/mol. The molecular weight excluding hydrogens is 705 g/mol. The third kappa shape index (κ3) is 9.71. The van der Waals surface area contributed by atoms with Gasteiger partial charge in [0.15, 0.2) is 5.71 Å². The van der Waals surface area contributed by atoms with Crippen LogP contribution in [0.15, 0.2) is 96.7 Å². The van der Waals surface area contributed by atoms with Crippen LogP contribution in [-0.4, -0.2) is 45.5 Å². The number of unbranched alkanes of at least 4 members (excludes halogenated alkanes) is 12. The summed E-state index contributed by atoms with van der Waals surface area (Å²) in [5.41, 5.74) is 7.80. The monoisotopic (exact) mass is 769 g/mol. The molecule has 2 aliphatic heterocycles. The summed E-state index contributed by atoms with van der Waals surface area (Å²) in [5, 5.41) is 23.1. The molecule has 0 radical (unpaired) electrons. The zero-order valence-electron chi connectivity index (χ0n) is 35.0. The van der Waals surface area contributed by atoms with Crippen molar-refractivity contribution in [2.75, 3.05) is 18.0 Å². The van der Waals surface area contributed by atoms with Crippen molar-refractivity contribution in [3.63, 3.8) is 0 Å². The van der Waals surface area contributed by atoms with Gasteiger partial charge >= 0.3 is 11.9 Å². The molecule has 6 nitrogen and oxygen atoms in total. The van der Waals surface area contributed by atoms with Crippen molar-refractivity contribution in [3.05, 3.63) is 108 Å². The van der Waals surface area contributed by atoms with E-state index in [1.807, 2.05) is 0 Å². The number of nitrogens with zero attached hydrogens (tertiary/aromatic N) is 2. The zero-order chi connectivity index (χ0) is 40.4. The first-order chi connectivity index (χ1) is 27.5. The number of carboxylic acids is 2. The minimum absolute atomic E-state index is 0.174. The first-order valence-electron chi connectivity index (χ1n) is 21.8. The van der Waals surface area contributed by atoms with E-state index in [4.69, 9.17) is 10.2 Å². The molecule has 6 heteroatoms. The maximum Gasteiger partial charge on any atom is 0.303 e. The zero-order valence-corrected chi connectivity index (χ0v) is 35.0. The molecule has 2 aliphatic rings. The van der Waals surface area contributed by atoms with Crippen molar-refractivity contribution < 1.29 is 24.4 Å². The average Bonchev–Trinajstić information content (AvgIpc) is 3.54. The fraction of sp³-hybridized carbons (Fsp3) is 0.471. The Morgan fingerprint density at radius 2 is 1.11 bits per heavy atom. The number of hydrogen-bond acceptors (Lipinski definition) is 3. The van der Waals surface area contributed by atoms with Gasteiger partial charge in [-0.1, -0.05) is 132 Å².